The highest BCUT2D eigenvalue weighted by Crippen LogP contribution is 2.10. The van der Waals surface area contributed by atoms with E-state index in [1.807, 2.05) is 0 Å². The fraction of sp³-hybridized carbons (Fsp3) is 0.286. The average Bonchev–Trinajstić information content (AvgIpc) is 2.25. The number of nitrogens with zero attached hydrogens (tertiary/aromatic N) is 2. The summed E-state index contributed by atoms with van der Waals surface area (Å²) in [7, 11) is 0. The lowest BCUT2D eigenvalue weighted by atomic mass is 10.3. The Hall–Kier alpha value is -1.74. The van der Waals surface area contributed by atoms with Crippen molar-refractivity contribution in [2.75, 3.05) is 6.67 Å². The minimum atomic E-state index is -0.434. The largest absolute Gasteiger partial charge is 0.269 e. The number of hydrogen-bond acceptors (Lipinski definition) is 4. The van der Waals surface area contributed by atoms with Crippen LogP contribution >= 0.6 is 0 Å². The van der Waals surface area contributed by atoms with Crippen LogP contribution < -0.4 is 0 Å². The van der Waals surface area contributed by atoms with Gasteiger partial charge in [0.1, 0.15) is 6.67 Å². The van der Waals surface area contributed by atoms with Gasteiger partial charge >= 0.3 is 0 Å². The molecule has 0 atom stereocenters. The fourth-order valence-electron chi connectivity index (χ4n) is 0.871. The van der Waals surface area contributed by atoms with Crippen LogP contribution in [0.3, 0.4) is 0 Å². The topological polar surface area (TPSA) is 66.8 Å². The molecular weight excluding hydrogens is 160 g/mol. The van der Waals surface area contributed by atoms with E-state index in [0.29, 0.717) is 5.57 Å². The second-order valence-electron chi connectivity index (χ2n) is 2.29. The quantitative estimate of drug-likeness (QED) is 0.318. The molecule has 1 rings (SSSR count). The van der Waals surface area contributed by atoms with Crippen molar-refractivity contribution in [1.29, 1.82) is 0 Å². The van der Waals surface area contributed by atoms with Crippen molar-refractivity contribution < 1.29 is 14.4 Å². The van der Waals surface area contributed by atoms with E-state index >= 15 is 0 Å². The van der Waals surface area contributed by atoms with Crippen LogP contribution in [-0.2, 0) is 14.4 Å². The minimum absolute atomic E-state index is 0.241. The number of isocyanates is 1. The Bertz CT molecular complexity index is 313. The first-order valence-electron chi connectivity index (χ1n) is 3.24. The molecule has 0 spiro atoms. The van der Waals surface area contributed by atoms with E-state index in [1.165, 1.54) is 19.1 Å². The number of carbonyl (C=O) groups is 2. The van der Waals surface area contributed by atoms with Gasteiger partial charge in [-0.15, -0.1) is 0 Å². The number of carbonyl (C=O) groups excluding carboxylic acids is 3. The molecule has 0 radical (unpaired) electrons. The molecule has 0 aliphatic carbocycles. The number of aliphatic imine (C=N–C) groups is 1. The molecule has 0 N–H and O–H groups in total. The third kappa shape index (κ3) is 1.31. The summed E-state index contributed by atoms with van der Waals surface area (Å²) in [4.78, 5) is 35.7. The maximum Gasteiger partial charge on any atom is 0.258 e. The molecule has 5 heteroatoms. The van der Waals surface area contributed by atoms with Crippen LogP contribution in [0, 0.1) is 0 Å². The van der Waals surface area contributed by atoms with Crippen LogP contribution in [0.4, 0.5) is 0 Å². The molecule has 0 saturated heterocycles. The van der Waals surface area contributed by atoms with Crippen molar-refractivity contribution in [3.63, 3.8) is 0 Å². The van der Waals surface area contributed by atoms with Crippen LogP contribution in [0.2, 0.25) is 0 Å². The van der Waals surface area contributed by atoms with Crippen molar-refractivity contribution in [3.05, 3.63) is 11.6 Å². The number of rotatable bonds is 2. The monoisotopic (exact) mass is 166 g/mol. The molecule has 0 aromatic heterocycles. The number of imide groups is 1. The fourth-order valence-corrected chi connectivity index (χ4v) is 0.871. The van der Waals surface area contributed by atoms with Gasteiger partial charge in [-0.25, -0.2) is 4.79 Å². The summed E-state index contributed by atoms with van der Waals surface area (Å²) >= 11 is 0. The standard InChI is InChI=1S/C7H6N2O3/c1-5-2-6(11)9(7(5)12)3-8-4-10/h2H,3H2,1H3. The summed E-state index contributed by atoms with van der Waals surface area (Å²) in [6.07, 6.45) is 2.47. The third-order valence-corrected chi connectivity index (χ3v) is 1.47. The van der Waals surface area contributed by atoms with Crippen molar-refractivity contribution in [2.45, 2.75) is 6.92 Å². The molecule has 0 saturated carbocycles. The lowest BCUT2D eigenvalue weighted by molar-refractivity contribution is -0.137. The third-order valence-electron chi connectivity index (χ3n) is 1.47. The molecular formula is C7H6N2O3. The Morgan fingerprint density at radius 1 is 1.58 bits per heavy atom. The normalized spacial score (nSPS) is 16.1. The molecule has 62 valence electrons. The van der Waals surface area contributed by atoms with E-state index in [0.717, 1.165) is 4.90 Å². The van der Waals surface area contributed by atoms with E-state index in [9.17, 15) is 14.4 Å². The highest BCUT2D eigenvalue weighted by atomic mass is 16.2. The Kier molecular flexibility index (Phi) is 2.16. The van der Waals surface area contributed by atoms with Crippen LogP contribution in [0.15, 0.2) is 16.6 Å². The molecule has 0 bridgehead atoms. The van der Waals surface area contributed by atoms with Crippen LogP contribution in [0.1, 0.15) is 6.92 Å². The molecule has 0 aromatic rings. The molecule has 0 aromatic carbocycles. The molecule has 12 heavy (non-hydrogen) atoms. The zero-order valence-corrected chi connectivity index (χ0v) is 6.40. The average molecular weight is 166 g/mol. The maximum atomic E-state index is 11.1. The first-order valence-corrected chi connectivity index (χ1v) is 3.24. The first kappa shape index (κ1) is 8.36. The lowest BCUT2D eigenvalue weighted by Crippen LogP contribution is -2.30. The van der Waals surface area contributed by atoms with E-state index in [-0.39, 0.29) is 6.67 Å². The molecule has 1 heterocycles. The Labute approximate surface area is 68.4 Å². The second kappa shape index (κ2) is 3.11. The molecule has 0 unspecified atom stereocenters. The van der Waals surface area contributed by atoms with Crippen molar-refractivity contribution in [1.82, 2.24) is 4.90 Å². The predicted molar refractivity (Wildman–Crippen MR) is 38.6 cm³/mol. The van der Waals surface area contributed by atoms with Gasteiger partial charge in [0.15, 0.2) is 0 Å². The smallest absolute Gasteiger partial charge is 0.258 e. The van der Waals surface area contributed by atoms with E-state index < -0.39 is 11.8 Å². The number of hydrogen-bond donors (Lipinski definition) is 0. The Morgan fingerprint density at radius 2 is 2.25 bits per heavy atom. The highest BCUT2D eigenvalue weighted by molar-refractivity contribution is 6.15. The van der Waals surface area contributed by atoms with Crippen LogP contribution in [0.5, 0.6) is 0 Å². The first-order chi connectivity index (χ1) is 5.66. The maximum absolute atomic E-state index is 11.1. The Morgan fingerprint density at radius 3 is 2.67 bits per heavy atom. The minimum Gasteiger partial charge on any atom is -0.269 e. The van der Waals surface area contributed by atoms with Crippen molar-refractivity contribution in [2.24, 2.45) is 4.99 Å². The van der Waals surface area contributed by atoms with Gasteiger partial charge in [0, 0.05) is 11.6 Å². The lowest BCUT2D eigenvalue weighted by Gasteiger charge is -2.08. The molecule has 0 fully saturated rings. The van der Waals surface area contributed by atoms with Gasteiger partial charge in [-0.05, 0) is 6.92 Å². The SMILES string of the molecule is CC1=CC(=O)N(CN=C=O)C1=O. The predicted octanol–water partition coefficient (Wildman–Crippen LogP) is -0.405. The zero-order chi connectivity index (χ0) is 9.14. The van der Waals surface area contributed by atoms with Gasteiger partial charge in [-0.1, -0.05) is 0 Å². The van der Waals surface area contributed by atoms with E-state index in [4.69, 9.17) is 0 Å². The molecule has 2 amide bonds. The zero-order valence-electron chi connectivity index (χ0n) is 6.40. The molecule has 1 aliphatic rings. The van der Waals surface area contributed by atoms with Crippen molar-refractivity contribution >= 4 is 17.9 Å². The molecule has 1 aliphatic heterocycles. The summed E-state index contributed by atoms with van der Waals surface area (Å²) < 4.78 is 0. The van der Waals surface area contributed by atoms with Crippen molar-refractivity contribution in [3.8, 4) is 0 Å². The van der Waals surface area contributed by atoms with Gasteiger partial charge in [-0.2, -0.15) is 4.99 Å². The molecule has 5 nitrogen and oxygen atoms in total. The summed E-state index contributed by atoms with van der Waals surface area (Å²) in [5.41, 5.74) is 0.362. The van der Waals surface area contributed by atoms with Gasteiger partial charge in [0.2, 0.25) is 6.08 Å². The van der Waals surface area contributed by atoms with Crippen LogP contribution in [0.25, 0.3) is 0 Å². The summed E-state index contributed by atoms with van der Waals surface area (Å²) in [6, 6.07) is 0. The van der Waals surface area contributed by atoms with Crippen LogP contribution in [-0.4, -0.2) is 29.5 Å². The van der Waals surface area contributed by atoms with E-state index in [1.54, 1.807) is 0 Å². The Balaban J connectivity index is 2.76. The summed E-state index contributed by atoms with van der Waals surface area (Å²) in [6.45, 7) is 1.29. The van der Waals surface area contributed by atoms with Gasteiger partial charge < -0.3 is 0 Å². The van der Waals surface area contributed by atoms with Gasteiger partial charge in [0.25, 0.3) is 11.8 Å². The summed E-state index contributed by atoms with van der Waals surface area (Å²) in [5, 5.41) is 0. The summed E-state index contributed by atoms with van der Waals surface area (Å²) in [5.74, 6) is -0.837. The number of amides is 2. The van der Waals surface area contributed by atoms with E-state index in [2.05, 4.69) is 4.99 Å². The van der Waals surface area contributed by atoms with Gasteiger partial charge in [-0.3, -0.25) is 14.5 Å². The highest BCUT2D eigenvalue weighted by Gasteiger charge is 2.27. The second-order valence-corrected chi connectivity index (χ2v) is 2.29. The van der Waals surface area contributed by atoms with Gasteiger partial charge in [0.05, 0.1) is 0 Å².